The van der Waals surface area contributed by atoms with E-state index in [-0.39, 0.29) is 5.56 Å². The van der Waals surface area contributed by atoms with Gasteiger partial charge >= 0.3 is 5.97 Å². The normalized spacial score (nSPS) is 10.0. The first-order chi connectivity index (χ1) is 9.99. The minimum Gasteiger partial charge on any atom is -0.478 e. The molecule has 0 radical (unpaired) electrons. The third-order valence-corrected chi connectivity index (χ3v) is 3.06. The Morgan fingerprint density at radius 2 is 2.05 bits per heavy atom. The van der Waals surface area contributed by atoms with Gasteiger partial charge in [0.15, 0.2) is 5.82 Å². The lowest BCUT2D eigenvalue weighted by atomic mass is 10.2. The molecule has 0 saturated carbocycles. The molecule has 0 saturated heterocycles. The monoisotopic (exact) mass is 304 g/mol. The molecule has 2 aliphatic rings. The molecule has 0 spiro atoms. The summed E-state index contributed by atoms with van der Waals surface area (Å²) in [6, 6.07) is 9.86. The fourth-order valence-electron chi connectivity index (χ4n) is 1.77. The summed E-state index contributed by atoms with van der Waals surface area (Å²) in [6.45, 7) is 1.97. The van der Waals surface area contributed by atoms with Gasteiger partial charge in [-0.25, -0.2) is 9.78 Å². The van der Waals surface area contributed by atoms with E-state index in [2.05, 4.69) is 4.98 Å². The van der Waals surface area contributed by atoms with Crippen molar-refractivity contribution in [2.24, 2.45) is 0 Å². The summed E-state index contributed by atoms with van der Waals surface area (Å²) in [7, 11) is 0. The van der Waals surface area contributed by atoms with Gasteiger partial charge < -0.3 is 10.3 Å². The van der Waals surface area contributed by atoms with Crippen LogP contribution in [-0.2, 0) is 0 Å². The molecule has 3 rings (SSSR count). The molecule has 0 aromatic heterocycles. The van der Waals surface area contributed by atoms with Gasteiger partial charge in [0, 0.05) is 23.0 Å². The Labute approximate surface area is 126 Å². The standard InChI is InChI=1S/C8H8N2O.C7H5ClO2/c1-6-5-9-8-7(6)3-2-4-10(8)11;8-6-3-1-2-5(4-6)7(9)10/h2-5,11H,1H3;1-4H,(H,9,10). The van der Waals surface area contributed by atoms with Gasteiger partial charge in [0.25, 0.3) is 0 Å². The van der Waals surface area contributed by atoms with E-state index in [0.717, 1.165) is 15.9 Å². The van der Waals surface area contributed by atoms with Crippen molar-refractivity contribution < 1.29 is 15.1 Å². The van der Waals surface area contributed by atoms with Gasteiger partial charge in [-0.1, -0.05) is 17.7 Å². The second-order valence-corrected chi connectivity index (χ2v) is 4.78. The first kappa shape index (κ1) is 14.9. The van der Waals surface area contributed by atoms with Crippen molar-refractivity contribution >= 4 is 17.6 Å². The van der Waals surface area contributed by atoms with Crippen LogP contribution < -0.4 is 0 Å². The number of hydrogen-bond donors (Lipinski definition) is 2. The Hall–Kier alpha value is -2.53. The van der Waals surface area contributed by atoms with Crippen molar-refractivity contribution in [3.05, 3.63) is 64.9 Å². The SMILES string of the molecule is Cc1cnc2n(O)cccc1-2.O=C(O)c1cccc(Cl)c1. The molecule has 1 aromatic rings. The number of carbonyl (C=O) groups is 1. The number of carboxylic acid groups (broad SMARTS) is 1. The quantitative estimate of drug-likeness (QED) is 0.674. The molecule has 0 amide bonds. The summed E-state index contributed by atoms with van der Waals surface area (Å²) in [6.07, 6.45) is 3.31. The smallest absolute Gasteiger partial charge is 0.335 e. The van der Waals surface area contributed by atoms with E-state index in [1.165, 1.54) is 12.1 Å². The number of rotatable bonds is 1. The van der Waals surface area contributed by atoms with Crippen LogP contribution in [0.2, 0.25) is 5.02 Å². The number of halogens is 1. The van der Waals surface area contributed by atoms with E-state index in [0.29, 0.717) is 10.8 Å². The fourth-order valence-corrected chi connectivity index (χ4v) is 1.97. The lowest BCUT2D eigenvalue weighted by molar-refractivity contribution is 0.0697. The van der Waals surface area contributed by atoms with E-state index in [4.69, 9.17) is 16.7 Å². The Balaban J connectivity index is 0.000000155. The van der Waals surface area contributed by atoms with Gasteiger partial charge in [-0.05, 0) is 42.8 Å². The third kappa shape index (κ3) is 3.52. The van der Waals surface area contributed by atoms with Crippen LogP contribution in [-0.4, -0.2) is 26.0 Å². The number of fused-ring (bicyclic) bond motifs is 1. The molecule has 6 heteroatoms. The number of aromatic carboxylic acids is 1. The summed E-state index contributed by atoms with van der Waals surface area (Å²) in [5, 5.41) is 18.1. The molecule has 0 fully saturated rings. The zero-order chi connectivity index (χ0) is 15.4. The van der Waals surface area contributed by atoms with Crippen LogP contribution in [0.3, 0.4) is 0 Å². The highest BCUT2D eigenvalue weighted by Crippen LogP contribution is 2.22. The van der Waals surface area contributed by atoms with Gasteiger partial charge in [-0.15, -0.1) is 0 Å². The van der Waals surface area contributed by atoms with Gasteiger partial charge in [-0.2, -0.15) is 4.73 Å². The molecule has 2 N–H and O–H groups in total. The molecule has 0 bridgehead atoms. The molecule has 1 aromatic carbocycles. The van der Waals surface area contributed by atoms with Crippen molar-refractivity contribution in [3.63, 3.8) is 0 Å². The highest BCUT2D eigenvalue weighted by Gasteiger charge is 2.09. The minimum absolute atomic E-state index is 0.215. The van der Waals surface area contributed by atoms with Gasteiger partial charge in [0.05, 0.1) is 5.56 Å². The van der Waals surface area contributed by atoms with Crippen LogP contribution in [0.25, 0.3) is 11.4 Å². The van der Waals surface area contributed by atoms with Crippen LogP contribution in [0.1, 0.15) is 15.9 Å². The zero-order valence-corrected chi connectivity index (χ0v) is 11.9. The molecule has 2 aliphatic heterocycles. The zero-order valence-electron chi connectivity index (χ0n) is 11.2. The second-order valence-electron chi connectivity index (χ2n) is 4.35. The topological polar surface area (TPSA) is 75.3 Å². The Kier molecular flexibility index (Phi) is 4.45. The van der Waals surface area contributed by atoms with Gasteiger partial charge in [-0.3, -0.25) is 0 Å². The Bertz CT molecular complexity index is 740. The molecule has 0 atom stereocenters. The van der Waals surface area contributed by atoms with Crippen LogP contribution in [0.4, 0.5) is 0 Å². The van der Waals surface area contributed by atoms with Crippen molar-refractivity contribution in [2.45, 2.75) is 6.92 Å². The highest BCUT2D eigenvalue weighted by molar-refractivity contribution is 6.30. The summed E-state index contributed by atoms with van der Waals surface area (Å²) in [5.74, 6) is -0.340. The van der Waals surface area contributed by atoms with Crippen molar-refractivity contribution in [3.8, 4) is 11.4 Å². The third-order valence-electron chi connectivity index (χ3n) is 2.82. The predicted octanol–water partition coefficient (Wildman–Crippen LogP) is 3.57. The Morgan fingerprint density at radius 3 is 2.62 bits per heavy atom. The van der Waals surface area contributed by atoms with E-state index >= 15 is 0 Å². The van der Waals surface area contributed by atoms with Crippen LogP contribution >= 0.6 is 11.6 Å². The Morgan fingerprint density at radius 1 is 1.29 bits per heavy atom. The lowest BCUT2D eigenvalue weighted by Crippen LogP contribution is -1.96. The molecular formula is C15H13ClN2O3. The van der Waals surface area contributed by atoms with Gasteiger partial charge in [0.2, 0.25) is 0 Å². The van der Waals surface area contributed by atoms with Crippen molar-refractivity contribution in [1.82, 2.24) is 9.71 Å². The maximum Gasteiger partial charge on any atom is 0.335 e. The first-order valence-corrected chi connectivity index (χ1v) is 6.47. The van der Waals surface area contributed by atoms with E-state index < -0.39 is 5.97 Å². The number of hydrogen-bond acceptors (Lipinski definition) is 3. The average Bonchev–Trinajstić information content (AvgIpc) is 2.83. The van der Waals surface area contributed by atoms with E-state index in [1.807, 2.05) is 13.0 Å². The van der Waals surface area contributed by atoms with E-state index in [1.54, 1.807) is 30.6 Å². The average molecular weight is 305 g/mol. The summed E-state index contributed by atoms with van der Waals surface area (Å²) >= 11 is 5.53. The minimum atomic E-state index is -0.956. The fraction of sp³-hybridized carbons (Fsp3) is 0.0667. The molecule has 0 aliphatic carbocycles. The molecule has 108 valence electrons. The maximum atomic E-state index is 10.3. The molecular weight excluding hydrogens is 292 g/mol. The molecule has 0 unspecified atom stereocenters. The maximum absolute atomic E-state index is 10.3. The first-order valence-electron chi connectivity index (χ1n) is 6.10. The van der Waals surface area contributed by atoms with Gasteiger partial charge in [0.1, 0.15) is 0 Å². The summed E-state index contributed by atoms with van der Waals surface area (Å²) in [4.78, 5) is 14.3. The van der Waals surface area contributed by atoms with Crippen molar-refractivity contribution in [1.29, 1.82) is 0 Å². The predicted molar refractivity (Wildman–Crippen MR) is 79.2 cm³/mol. The summed E-state index contributed by atoms with van der Waals surface area (Å²) < 4.78 is 1.03. The number of benzene rings is 1. The number of aryl methyl sites for hydroxylation is 1. The van der Waals surface area contributed by atoms with Crippen LogP contribution in [0, 0.1) is 6.92 Å². The number of pyridine rings is 1. The van der Waals surface area contributed by atoms with E-state index in [9.17, 15) is 10.0 Å². The molecule has 5 nitrogen and oxygen atoms in total. The largest absolute Gasteiger partial charge is 0.478 e. The molecule has 2 heterocycles. The second kappa shape index (κ2) is 6.28. The highest BCUT2D eigenvalue weighted by atomic mass is 35.5. The summed E-state index contributed by atoms with van der Waals surface area (Å²) in [5.41, 5.74) is 2.30. The van der Waals surface area contributed by atoms with Crippen LogP contribution in [0.5, 0.6) is 0 Å². The molecule has 21 heavy (non-hydrogen) atoms. The number of nitrogens with zero attached hydrogens (tertiary/aromatic N) is 2. The van der Waals surface area contributed by atoms with Crippen LogP contribution in [0.15, 0.2) is 48.8 Å². The lowest BCUT2D eigenvalue weighted by Gasteiger charge is -2.02. The number of aromatic nitrogens is 2. The number of carboxylic acids is 1. The van der Waals surface area contributed by atoms with Crippen molar-refractivity contribution in [2.75, 3.05) is 0 Å².